The van der Waals surface area contributed by atoms with Gasteiger partial charge in [0.1, 0.15) is 16.4 Å². The number of amides is 1. The summed E-state index contributed by atoms with van der Waals surface area (Å²) >= 11 is 0. The van der Waals surface area contributed by atoms with Gasteiger partial charge in [0, 0.05) is 11.3 Å². The Bertz CT molecular complexity index is 1340. The lowest BCUT2D eigenvalue weighted by Crippen LogP contribution is -2.58. The maximum Gasteiger partial charge on any atom is 0.363 e. The van der Waals surface area contributed by atoms with Crippen molar-refractivity contribution in [1.82, 2.24) is 5.12 Å². The Morgan fingerprint density at radius 2 is 1.69 bits per heavy atom. The van der Waals surface area contributed by atoms with Crippen LogP contribution in [0.2, 0.25) is 0 Å². The van der Waals surface area contributed by atoms with E-state index < -0.39 is 77.4 Å². The third kappa shape index (κ3) is 3.86. The Kier molecular flexibility index (Phi) is 5.80. The van der Waals surface area contributed by atoms with Crippen LogP contribution in [0.15, 0.2) is 41.3 Å². The second-order valence-electron chi connectivity index (χ2n) is 9.32. The van der Waals surface area contributed by atoms with Crippen LogP contribution in [0.3, 0.4) is 0 Å². The third-order valence-electron chi connectivity index (χ3n) is 6.00. The minimum atomic E-state index is -5.26. The average Bonchev–Trinajstić information content (AvgIpc) is 3.43. The first-order valence-corrected chi connectivity index (χ1v) is 12.2. The molecule has 2 aliphatic rings. The quantitative estimate of drug-likeness (QED) is 0.253. The first-order chi connectivity index (χ1) is 16.4. The molecule has 0 bridgehead atoms. The molecule has 7 nitrogen and oxygen atoms in total. The van der Waals surface area contributed by atoms with Crippen molar-refractivity contribution in [2.45, 2.75) is 54.7 Å². The van der Waals surface area contributed by atoms with Gasteiger partial charge in [-0.15, -0.1) is 4.48 Å². The van der Waals surface area contributed by atoms with Crippen LogP contribution in [0.4, 0.5) is 32.1 Å². The van der Waals surface area contributed by atoms with Gasteiger partial charge in [-0.05, 0) is 50.0 Å². The fourth-order valence-corrected chi connectivity index (χ4v) is 6.03. The van der Waals surface area contributed by atoms with Crippen LogP contribution in [0, 0.1) is 11.6 Å². The van der Waals surface area contributed by atoms with E-state index >= 15 is 8.78 Å². The zero-order valence-corrected chi connectivity index (χ0v) is 19.6. The first-order valence-electron chi connectivity index (χ1n) is 10.5. The molecule has 1 saturated carbocycles. The number of rotatable bonds is 6. The van der Waals surface area contributed by atoms with E-state index in [4.69, 9.17) is 0 Å². The van der Waals surface area contributed by atoms with Crippen molar-refractivity contribution in [3.8, 4) is 0 Å². The van der Waals surface area contributed by atoms with E-state index in [1.165, 1.54) is 18.2 Å². The summed E-state index contributed by atoms with van der Waals surface area (Å²) in [6.07, 6.45) is -0.0492. The summed E-state index contributed by atoms with van der Waals surface area (Å²) in [6.45, 7) is 1.91. The van der Waals surface area contributed by atoms with Gasteiger partial charge < -0.3 is 10.2 Å². The molecule has 1 atom stereocenters. The molecule has 1 heterocycles. The maximum absolute atomic E-state index is 16.2. The fourth-order valence-electron chi connectivity index (χ4n) is 4.16. The Labute approximate surface area is 201 Å². The van der Waals surface area contributed by atoms with Gasteiger partial charge in [0.2, 0.25) is 0 Å². The zero-order valence-electron chi connectivity index (χ0n) is 18.8. The van der Waals surface area contributed by atoms with Crippen molar-refractivity contribution < 1.29 is 49.9 Å². The van der Waals surface area contributed by atoms with Gasteiger partial charge in [0.25, 0.3) is 5.91 Å². The molecular formula is C22H20F6N2O5S. The number of alkyl halides is 3. The number of hydrogen-bond donors (Lipinski definition) is 2. The minimum Gasteiger partial charge on any atom is -0.389 e. The minimum absolute atomic E-state index is 0.0246. The number of carbonyl (C=O) groups is 1. The first kappa shape index (κ1) is 26.4. The number of aliphatic hydroxyl groups is 2. The van der Waals surface area contributed by atoms with Crippen molar-refractivity contribution in [2.75, 3.05) is 10.7 Å². The summed E-state index contributed by atoms with van der Waals surface area (Å²) in [6, 6.07) is 1.00. The van der Waals surface area contributed by atoms with Crippen LogP contribution in [0.5, 0.6) is 0 Å². The van der Waals surface area contributed by atoms with E-state index in [0.717, 1.165) is 26.0 Å². The standard InChI is InChI=1S/C22H20F6N2O5S/c1-19(2,32)29(12-6-4-3-5-7-12)18(31)21(25)13-10-14(23)17(36(34,35)11-20(33)8-9-20)16(24)15(13)22(26,27)30(21)28/h3-7,10,32-33H,8-9,11H2,1-2H3. The van der Waals surface area contributed by atoms with Gasteiger partial charge >= 0.3 is 11.8 Å². The Balaban J connectivity index is 1.94. The second-order valence-corrected chi connectivity index (χ2v) is 11.2. The number of fused-ring (bicyclic) bond motifs is 1. The van der Waals surface area contributed by atoms with Gasteiger partial charge in [0.15, 0.2) is 15.7 Å². The topological polar surface area (TPSA) is 98.2 Å². The van der Waals surface area contributed by atoms with Gasteiger partial charge in [-0.2, -0.15) is 8.78 Å². The van der Waals surface area contributed by atoms with E-state index in [1.54, 1.807) is 0 Å². The molecule has 4 rings (SSSR count). The molecule has 1 aliphatic carbocycles. The maximum atomic E-state index is 16.2. The third-order valence-corrected chi connectivity index (χ3v) is 7.91. The number of hydrogen-bond acceptors (Lipinski definition) is 6. The molecule has 36 heavy (non-hydrogen) atoms. The van der Waals surface area contributed by atoms with Crippen LogP contribution in [-0.2, 0) is 26.5 Å². The highest BCUT2D eigenvalue weighted by molar-refractivity contribution is 7.91. The van der Waals surface area contributed by atoms with E-state index in [1.807, 2.05) is 0 Å². The Morgan fingerprint density at radius 1 is 1.14 bits per heavy atom. The van der Waals surface area contributed by atoms with Crippen LogP contribution in [0.25, 0.3) is 0 Å². The largest absolute Gasteiger partial charge is 0.389 e. The summed E-state index contributed by atoms with van der Waals surface area (Å²) in [4.78, 5) is 11.6. The number of para-hydroxylation sites is 1. The molecule has 0 spiro atoms. The summed E-state index contributed by atoms with van der Waals surface area (Å²) in [5.41, 5.74) is -8.42. The molecule has 1 fully saturated rings. The number of sulfone groups is 1. The summed E-state index contributed by atoms with van der Waals surface area (Å²) in [7, 11) is -5.08. The lowest BCUT2D eigenvalue weighted by Gasteiger charge is -2.38. The molecule has 2 N–H and O–H groups in total. The number of carbonyl (C=O) groups excluding carboxylic acids is 1. The van der Waals surface area contributed by atoms with E-state index in [-0.39, 0.29) is 29.5 Å². The van der Waals surface area contributed by atoms with Crippen LogP contribution in [-0.4, -0.2) is 46.7 Å². The van der Waals surface area contributed by atoms with Gasteiger partial charge in [-0.25, -0.2) is 21.6 Å². The molecular weight excluding hydrogens is 518 g/mol. The molecule has 1 aliphatic heterocycles. The number of halogens is 6. The SMILES string of the molecule is CC(C)(O)N(C(=O)C1(F)c2cc(F)c(S(=O)(=O)CC3(O)CC3)c(F)c2C(F)(F)N1F)c1ccccc1. The molecule has 1 unspecified atom stereocenters. The van der Waals surface area contributed by atoms with Gasteiger partial charge in [-0.3, -0.25) is 9.69 Å². The molecule has 0 aromatic heterocycles. The van der Waals surface area contributed by atoms with Crippen molar-refractivity contribution in [1.29, 1.82) is 0 Å². The van der Waals surface area contributed by atoms with Gasteiger partial charge in [0.05, 0.1) is 16.9 Å². The van der Waals surface area contributed by atoms with Crippen LogP contribution < -0.4 is 4.90 Å². The second kappa shape index (κ2) is 7.91. The highest BCUT2D eigenvalue weighted by atomic mass is 32.2. The highest BCUT2D eigenvalue weighted by Crippen LogP contribution is 2.56. The summed E-state index contributed by atoms with van der Waals surface area (Å²) < 4.78 is 116. The molecule has 196 valence electrons. The molecule has 0 radical (unpaired) electrons. The fraction of sp³-hybridized carbons (Fsp3) is 0.409. The number of benzene rings is 2. The van der Waals surface area contributed by atoms with Gasteiger partial charge in [-0.1, -0.05) is 18.2 Å². The summed E-state index contributed by atoms with van der Waals surface area (Å²) in [5.74, 6) is -12.5. The monoisotopic (exact) mass is 538 g/mol. The molecule has 0 saturated heterocycles. The molecule has 2 aromatic carbocycles. The van der Waals surface area contributed by atoms with E-state index in [2.05, 4.69) is 0 Å². The van der Waals surface area contributed by atoms with Crippen LogP contribution in [0.1, 0.15) is 37.8 Å². The average molecular weight is 538 g/mol. The molecule has 1 amide bonds. The number of anilines is 1. The Morgan fingerprint density at radius 3 is 2.19 bits per heavy atom. The summed E-state index contributed by atoms with van der Waals surface area (Å²) in [5, 5.41) is 18.4. The van der Waals surface area contributed by atoms with Crippen molar-refractivity contribution >= 4 is 21.4 Å². The van der Waals surface area contributed by atoms with Crippen LogP contribution >= 0.6 is 0 Å². The van der Waals surface area contributed by atoms with E-state index in [0.29, 0.717) is 0 Å². The number of nitrogens with zero attached hydrogens (tertiary/aromatic N) is 2. The molecule has 2 aromatic rings. The van der Waals surface area contributed by atoms with Crippen molar-refractivity contribution in [3.05, 3.63) is 59.2 Å². The zero-order chi connectivity index (χ0) is 27.1. The lowest BCUT2D eigenvalue weighted by atomic mass is 9.99. The Hall–Kier alpha value is -2.68. The van der Waals surface area contributed by atoms with Crippen molar-refractivity contribution in [2.24, 2.45) is 0 Å². The highest BCUT2D eigenvalue weighted by Gasteiger charge is 2.70. The lowest BCUT2D eigenvalue weighted by molar-refractivity contribution is -0.300. The van der Waals surface area contributed by atoms with E-state index in [9.17, 15) is 41.1 Å². The smallest absolute Gasteiger partial charge is 0.363 e. The predicted molar refractivity (Wildman–Crippen MR) is 112 cm³/mol. The normalized spacial score (nSPS) is 22.8. The predicted octanol–water partition coefficient (Wildman–Crippen LogP) is 3.40. The van der Waals surface area contributed by atoms with Crippen molar-refractivity contribution in [3.63, 3.8) is 0 Å². The molecule has 14 heteroatoms.